The lowest BCUT2D eigenvalue weighted by Crippen LogP contribution is -2.39. The largest absolute Gasteiger partial charge is 0.416 e. The number of amides is 1. The van der Waals surface area contributed by atoms with Crippen molar-refractivity contribution in [2.45, 2.75) is 24.9 Å². The van der Waals surface area contributed by atoms with Gasteiger partial charge in [-0.1, -0.05) is 18.2 Å². The number of benzene rings is 2. The number of anilines is 1. The van der Waals surface area contributed by atoms with E-state index in [0.29, 0.717) is 29.9 Å². The Morgan fingerprint density at radius 2 is 1.76 bits per heavy atom. The van der Waals surface area contributed by atoms with Gasteiger partial charge in [-0.15, -0.1) is 0 Å². The molecule has 0 saturated carbocycles. The van der Waals surface area contributed by atoms with E-state index in [2.05, 4.69) is 4.98 Å². The van der Waals surface area contributed by atoms with Crippen LogP contribution in [0.1, 0.15) is 40.4 Å². The van der Waals surface area contributed by atoms with Crippen LogP contribution in [0.5, 0.6) is 0 Å². The summed E-state index contributed by atoms with van der Waals surface area (Å²) in [4.78, 5) is 21.6. The number of alkyl halides is 3. The first-order valence-electron chi connectivity index (χ1n) is 10.9. The second-order valence-electron chi connectivity index (χ2n) is 8.56. The van der Waals surface area contributed by atoms with Crippen molar-refractivity contribution >= 4 is 11.6 Å². The molecule has 2 aromatic carbocycles. The molecule has 4 nitrogen and oxygen atoms in total. The molecule has 0 aliphatic carbocycles. The number of likely N-dealkylation sites (tertiary alicyclic amines) is 1. The molecule has 7 heteroatoms. The van der Waals surface area contributed by atoms with Crippen LogP contribution in [0.4, 0.5) is 18.9 Å². The number of carbonyl (C=O) groups is 1. The third-order valence-corrected chi connectivity index (χ3v) is 6.01. The maximum absolute atomic E-state index is 13.1. The summed E-state index contributed by atoms with van der Waals surface area (Å²) >= 11 is 0. The van der Waals surface area contributed by atoms with E-state index >= 15 is 0 Å². The van der Waals surface area contributed by atoms with Crippen molar-refractivity contribution in [1.82, 2.24) is 9.88 Å². The Balaban J connectivity index is 1.52. The van der Waals surface area contributed by atoms with Crippen LogP contribution in [0.25, 0.3) is 11.3 Å². The zero-order chi connectivity index (χ0) is 23.6. The maximum Gasteiger partial charge on any atom is 0.416 e. The topological polar surface area (TPSA) is 36.4 Å². The van der Waals surface area contributed by atoms with E-state index < -0.39 is 11.7 Å². The second-order valence-corrected chi connectivity index (χ2v) is 8.56. The summed E-state index contributed by atoms with van der Waals surface area (Å²) in [7, 11) is 3.90. The summed E-state index contributed by atoms with van der Waals surface area (Å²) in [6.07, 6.45) is -2.67. The van der Waals surface area contributed by atoms with Crippen molar-refractivity contribution in [2.24, 2.45) is 0 Å². The minimum absolute atomic E-state index is 0.0148. The predicted molar refractivity (Wildman–Crippen MR) is 123 cm³/mol. The van der Waals surface area contributed by atoms with Crippen LogP contribution in [-0.2, 0) is 6.18 Å². The van der Waals surface area contributed by atoms with Gasteiger partial charge in [0.15, 0.2) is 0 Å². The van der Waals surface area contributed by atoms with Crippen LogP contribution in [0.15, 0.2) is 66.7 Å². The lowest BCUT2D eigenvalue weighted by Gasteiger charge is -2.33. The van der Waals surface area contributed by atoms with Crippen molar-refractivity contribution in [3.8, 4) is 11.3 Å². The number of nitrogens with zero attached hydrogens (tertiary/aromatic N) is 3. The summed E-state index contributed by atoms with van der Waals surface area (Å²) in [6.45, 7) is 1.21. The first-order chi connectivity index (χ1) is 15.7. The number of piperidine rings is 1. The van der Waals surface area contributed by atoms with Gasteiger partial charge in [-0.05, 0) is 61.4 Å². The standard InChI is InChI=1S/C26H26F3N3O/c1-31(2)22-13-11-18(12-14-22)25(33)32-15-5-7-20(17-32)24-10-4-9-23(30-24)19-6-3-8-21(16-19)26(27,28)29/h3-4,6,8-14,16,20H,5,7,15,17H2,1-2H3/t20-/m0/s1. The molecule has 2 heterocycles. The van der Waals surface area contributed by atoms with Crippen LogP contribution < -0.4 is 4.90 Å². The molecule has 4 rings (SSSR count). The molecule has 0 spiro atoms. The number of aromatic nitrogens is 1. The molecular weight excluding hydrogens is 427 g/mol. The van der Waals surface area contributed by atoms with Crippen LogP contribution in [0.2, 0.25) is 0 Å². The molecule has 1 aliphatic rings. The Bertz CT molecular complexity index is 1130. The van der Waals surface area contributed by atoms with Gasteiger partial charge in [-0.25, -0.2) is 0 Å². The van der Waals surface area contributed by atoms with E-state index in [0.717, 1.165) is 36.4 Å². The molecule has 0 bridgehead atoms. The molecule has 1 atom stereocenters. The molecular formula is C26H26F3N3O. The molecule has 172 valence electrons. The smallest absolute Gasteiger partial charge is 0.378 e. The summed E-state index contributed by atoms with van der Waals surface area (Å²) in [6, 6.07) is 18.2. The number of carbonyl (C=O) groups excluding carboxylic acids is 1. The fraction of sp³-hybridized carbons (Fsp3) is 0.308. The van der Waals surface area contributed by atoms with E-state index in [9.17, 15) is 18.0 Å². The van der Waals surface area contributed by atoms with Gasteiger partial charge >= 0.3 is 6.18 Å². The van der Waals surface area contributed by atoms with Crippen molar-refractivity contribution < 1.29 is 18.0 Å². The summed E-state index contributed by atoms with van der Waals surface area (Å²) in [5.41, 5.74) is 2.70. The van der Waals surface area contributed by atoms with Gasteiger partial charge in [0.1, 0.15) is 0 Å². The van der Waals surface area contributed by atoms with Crippen molar-refractivity contribution in [2.75, 3.05) is 32.1 Å². The molecule has 0 N–H and O–H groups in total. The first kappa shape index (κ1) is 22.8. The average molecular weight is 454 g/mol. The van der Waals surface area contributed by atoms with Crippen LogP contribution in [0, 0.1) is 0 Å². The highest BCUT2D eigenvalue weighted by Crippen LogP contribution is 2.33. The Morgan fingerprint density at radius 3 is 2.45 bits per heavy atom. The fourth-order valence-electron chi connectivity index (χ4n) is 4.18. The summed E-state index contributed by atoms with van der Waals surface area (Å²) in [5, 5.41) is 0. The molecule has 1 aromatic heterocycles. The molecule has 0 radical (unpaired) electrons. The SMILES string of the molecule is CN(C)c1ccc(C(=O)N2CCC[C@H](c3cccc(-c4cccc(C(F)(F)F)c4)n3)C2)cc1. The predicted octanol–water partition coefficient (Wildman–Crippen LogP) is 5.85. The lowest BCUT2D eigenvalue weighted by atomic mass is 9.93. The minimum atomic E-state index is -4.40. The van der Waals surface area contributed by atoms with Crippen LogP contribution >= 0.6 is 0 Å². The zero-order valence-electron chi connectivity index (χ0n) is 18.6. The number of rotatable bonds is 4. The fourth-order valence-corrected chi connectivity index (χ4v) is 4.18. The van der Waals surface area contributed by atoms with Gasteiger partial charge < -0.3 is 9.80 Å². The highest BCUT2D eigenvalue weighted by molar-refractivity contribution is 5.94. The Hall–Kier alpha value is -3.35. The van der Waals surface area contributed by atoms with E-state index in [4.69, 9.17) is 0 Å². The lowest BCUT2D eigenvalue weighted by molar-refractivity contribution is -0.137. The zero-order valence-corrected chi connectivity index (χ0v) is 18.6. The quantitative estimate of drug-likeness (QED) is 0.497. The van der Waals surface area contributed by atoms with Crippen LogP contribution in [-0.4, -0.2) is 43.0 Å². The summed E-state index contributed by atoms with van der Waals surface area (Å²) in [5.74, 6) is 0.0218. The van der Waals surface area contributed by atoms with Gasteiger partial charge in [-0.2, -0.15) is 13.2 Å². The third-order valence-electron chi connectivity index (χ3n) is 6.01. The van der Waals surface area contributed by atoms with Gasteiger partial charge in [0.25, 0.3) is 5.91 Å². The van der Waals surface area contributed by atoms with Gasteiger partial charge in [0.2, 0.25) is 0 Å². The van der Waals surface area contributed by atoms with Crippen molar-refractivity contribution in [3.05, 3.63) is 83.6 Å². The molecule has 33 heavy (non-hydrogen) atoms. The Morgan fingerprint density at radius 1 is 1.03 bits per heavy atom. The normalized spacial score (nSPS) is 16.5. The average Bonchev–Trinajstić information content (AvgIpc) is 2.83. The second kappa shape index (κ2) is 9.25. The molecule has 1 fully saturated rings. The monoisotopic (exact) mass is 453 g/mol. The van der Waals surface area contributed by atoms with E-state index in [1.165, 1.54) is 6.07 Å². The van der Waals surface area contributed by atoms with E-state index in [1.807, 2.05) is 60.3 Å². The summed E-state index contributed by atoms with van der Waals surface area (Å²) < 4.78 is 39.3. The highest BCUT2D eigenvalue weighted by atomic mass is 19.4. The Kier molecular flexibility index (Phi) is 6.40. The highest BCUT2D eigenvalue weighted by Gasteiger charge is 2.31. The number of pyridine rings is 1. The Labute approximate surface area is 191 Å². The van der Waals surface area contributed by atoms with Gasteiger partial charge in [0, 0.05) is 55.6 Å². The molecule has 3 aromatic rings. The molecule has 1 aliphatic heterocycles. The minimum Gasteiger partial charge on any atom is -0.378 e. The van der Waals surface area contributed by atoms with E-state index in [-0.39, 0.29) is 11.8 Å². The molecule has 1 saturated heterocycles. The van der Waals surface area contributed by atoms with Gasteiger partial charge in [0.05, 0.1) is 11.3 Å². The maximum atomic E-state index is 13.1. The van der Waals surface area contributed by atoms with Crippen LogP contribution in [0.3, 0.4) is 0 Å². The molecule has 0 unspecified atom stereocenters. The van der Waals surface area contributed by atoms with Crippen molar-refractivity contribution in [3.63, 3.8) is 0 Å². The van der Waals surface area contributed by atoms with Gasteiger partial charge in [-0.3, -0.25) is 9.78 Å². The number of hydrogen-bond donors (Lipinski definition) is 0. The first-order valence-corrected chi connectivity index (χ1v) is 10.9. The molecule has 1 amide bonds. The third kappa shape index (κ3) is 5.18. The van der Waals surface area contributed by atoms with Crippen molar-refractivity contribution in [1.29, 1.82) is 0 Å². The van der Waals surface area contributed by atoms with E-state index in [1.54, 1.807) is 12.1 Å². The number of halogens is 3. The number of hydrogen-bond acceptors (Lipinski definition) is 3.